The SMILES string of the molecule is O=C(Nc1cc(Sc2ccccc2)cc(S(=O)(=O)c2ccccc2)c1)c1cc2ccccc2oc1=O. The number of benzene rings is 4. The average molecular weight is 514 g/mol. The van der Waals surface area contributed by atoms with E-state index in [1.807, 2.05) is 30.3 Å². The van der Waals surface area contributed by atoms with Gasteiger partial charge in [0.15, 0.2) is 0 Å². The lowest BCUT2D eigenvalue weighted by Crippen LogP contribution is -2.20. The van der Waals surface area contributed by atoms with Gasteiger partial charge in [0, 0.05) is 20.9 Å². The Bertz CT molecular complexity index is 1730. The topological polar surface area (TPSA) is 93.4 Å². The van der Waals surface area contributed by atoms with Gasteiger partial charge in [0.2, 0.25) is 9.84 Å². The number of para-hydroxylation sites is 1. The summed E-state index contributed by atoms with van der Waals surface area (Å²) >= 11 is 1.36. The van der Waals surface area contributed by atoms with Crippen LogP contribution in [0.1, 0.15) is 10.4 Å². The molecule has 1 aromatic heterocycles. The molecule has 0 fully saturated rings. The van der Waals surface area contributed by atoms with Crippen molar-refractivity contribution in [3.05, 3.63) is 125 Å². The van der Waals surface area contributed by atoms with Crippen LogP contribution in [0.3, 0.4) is 0 Å². The molecule has 0 aliphatic carbocycles. The van der Waals surface area contributed by atoms with E-state index in [1.165, 1.54) is 36.0 Å². The lowest BCUT2D eigenvalue weighted by atomic mass is 10.1. The average Bonchev–Trinajstić information content (AvgIpc) is 2.89. The summed E-state index contributed by atoms with van der Waals surface area (Å²) in [6.45, 7) is 0. The first-order chi connectivity index (χ1) is 17.4. The van der Waals surface area contributed by atoms with E-state index >= 15 is 0 Å². The molecule has 0 bridgehead atoms. The van der Waals surface area contributed by atoms with Crippen molar-refractivity contribution in [2.24, 2.45) is 0 Å². The second-order valence-corrected chi connectivity index (χ2v) is 11.0. The minimum Gasteiger partial charge on any atom is -0.422 e. The standard InChI is InChI=1S/C28H19NO5S2/c30-27(25-15-19-9-7-8-14-26(19)34-28(25)31)29-20-16-22(35-21-10-3-1-4-11-21)18-24(17-20)36(32,33)23-12-5-2-6-13-23/h1-18H,(H,29,30). The van der Waals surface area contributed by atoms with Gasteiger partial charge in [-0.1, -0.05) is 66.4 Å². The van der Waals surface area contributed by atoms with Crippen LogP contribution in [0.5, 0.6) is 0 Å². The highest BCUT2D eigenvalue weighted by molar-refractivity contribution is 7.99. The Morgan fingerprint density at radius 3 is 2.14 bits per heavy atom. The predicted molar refractivity (Wildman–Crippen MR) is 139 cm³/mol. The highest BCUT2D eigenvalue weighted by Crippen LogP contribution is 2.33. The van der Waals surface area contributed by atoms with Crippen LogP contribution >= 0.6 is 11.8 Å². The molecular weight excluding hydrogens is 494 g/mol. The van der Waals surface area contributed by atoms with E-state index < -0.39 is 21.4 Å². The first-order valence-corrected chi connectivity index (χ1v) is 13.2. The van der Waals surface area contributed by atoms with Gasteiger partial charge in [-0.15, -0.1) is 0 Å². The molecule has 0 aliphatic heterocycles. The molecule has 1 N–H and O–H groups in total. The first kappa shape index (κ1) is 23.6. The van der Waals surface area contributed by atoms with Crippen molar-refractivity contribution < 1.29 is 17.6 Å². The van der Waals surface area contributed by atoms with E-state index in [9.17, 15) is 18.0 Å². The fourth-order valence-electron chi connectivity index (χ4n) is 3.64. The summed E-state index contributed by atoms with van der Waals surface area (Å²) in [7, 11) is -3.86. The van der Waals surface area contributed by atoms with Gasteiger partial charge in [0.05, 0.1) is 9.79 Å². The van der Waals surface area contributed by atoms with Crippen LogP contribution in [0.2, 0.25) is 0 Å². The lowest BCUT2D eigenvalue weighted by molar-refractivity contribution is 0.102. The maximum atomic E-state index is 13.4. The van der Waals surface area contributed by atoms with Crippen LogP contribution in [-0.4, -0.2) is 14.3 Å². The van der Waals surface area contributed by atoms with Gasteiger partial charge < -0.3 is 9.73 Å². The number of carbonyl (C=O) groups is 1. The molecule has 0 unspecified atom stereocenters. The van der Waals surface area contributed by atoms with Crippen molar-refractivity contribution in [2.75, 3.05) is 5.32 Å². The molecule has 8 heteroatoms. The Morgan fingerprint density at radius 2 is 1.39 bits per heavy atom. The zero-order valence-corrected chi connectivity index (χ0v) is 20.4. The molecule has 0 saturated heterocycles. The number of hydrogen-bond acceptors (Lipinski definition) is 6. The number of rotatable bonds is 6. The molecule has 6 nitrogen and oxygen atoms in total. The van der Waals surface area contributed by atoms with Crippen molar-refractivity contribution in [3.8, 4) is 0 Å². The largest absolute Gasteiger partial charge is 0.422 e. The molecule has 4 aromatic carbocycles. The lowest BCUT2D eigenvalue weighted by Gasteiger charge is -2.12. The summed E-state index contributed by atoms with van der Waals surface area (Å²) in [4.78, 5) is 27.2. The fraction of sp³-hybridized carbons (Fsp3) is 0. The summed E-state index contributed by atoms with van der Waals surface area (Å²) in [6.07, 6.45) is 0. The zero-order valence-electron chi connectivity index (χ0n) is 18.8. The van der Waals surface area contributed by atoms with Crippen LogP contribution in [-0.2, 0) is 9.84 Å². The number of sulfone groups is 1. The van der Waals surface area contributed by atoms with Crippen LogP contribution in [0.4, 0.5) is 5.69 Å². The molecule has 5 rings (SSSR count). The van der Waals surface area contributed by atoms with E-state index in [-0.39, 0.29) is 21.0 Å². The number of amides is 1. The van der Waals surface area contributed by atoms with Gasteiger partial charge >= 0.3 is 5.63 Å². The van der Waals surface area contributed by atoms with Crippen LogP contribution in [0.15, 0.2) is 138 Å². The van der Waals surface area contributed by atoms with Gasteiger partial charge in [-0.3, -0.25) is 4.79 Å². The number of anilines is 1. The van der Waals surface area contributed by atoms with Gasteiger partial charge in [-0.2, -0.15) is 0 Å². The Hall–Kier alpha value is -4.14. The van der Waals surface area contributed by atoms with E-state index in [2.05, 4.69) is 5.32 Å². The van der Waals surface area contributed by atoms with Gasteiger partial charge in [0.25, 0.3) is 5.91 Å². The van der Waals surface area contributed by atoms with E-state index in [4.69, 9.17) is 4.42 Å². The third-order valence-electron chi connectivity index (χ3n) is 5.37. The summed E-state index contributed by atoms with van der Waals surface area (Å²) in [5, 5.41) is 3.28. The second-order valence-electron chi connectivity index (χ2n) is 7.86. The maximum absolute atomic E-state index is 13.4. The molecule has 0 atom stereocenters. The van der Waals surface area contributed by atoms with Crippen molar-refractivity contribution in [1.29, 1.82) is 0 Å². The zero-order chi connectivity index (χ0) is 25.1. The summed E-state index contributed by atoms with van der Waals surface area (Å²) in [6, 6.07) is 30.5. The molecule has 0 aliphatic rings. The Balaban J connectivity index is 1.55. The summed E-state index contributed by atoms with van der Waals surface area (Å²) < 4.78 is 32.0. The van der Waals surface area contributed by atoms with Crippen LogP contribution < -0.4 is 10.9 Å². The number of hydrogen-bond donors (Lipinski definition) is 1. The molecular formula is C28H19NO5S2. The molecule has 5 aromatic rings. The molecule has 1 heterocycles. The molecule has 0 radical (unpaired) electrons. The first-order valence-electron chi connectivity index (χ1n) is 10.9. The fourth-order valence-corrected chi connectivity index (χ4v) is 6.00. The third kappa shape index (κ3) is 4.95. The normalized spacial score (nSPS) is 11.3. The summed E-state index contributed by atoms with van der Waals surface area (Å²) in [5.74, 6) is -0.695. The van der Waals surface area contributed by atoms with E-state index in [1.54, 1.807) is 54.6 Å². The second kappa shape index (κ2) is 9.85. The van der Waals surface area contributed by atoms with E-state index in [0.717, 1.165) is 4.90 Å². The van der Waals surface area contributed by atoms with Gasteiger partial charge in [-0.25, -0.2) is 13.2 Å². The molecule has 0 spiro atoms. The van der Waals surface area contributed by atoms with Crippen molar-refractivity contribution in [1.82, 2.24) is 0 Å². The number of nitrogens with one attached hydrogen (secondary N) is 1. The van der Waals surface area contributed by atoms with E-state index in [0.29, 0.717) is 15.9 Å². The van der Waals surface area contributed by atoms with Crippen molar-refractivity contribution in [3.63, 3.8) is 0 Å². The number of carbonyl (C=O) groups excluding carboxylic acids is 1. The Morgan fingerprint density at radius 1 is 0.722 bits per heavy atom. The monoisotopic (exact) mass is 513 g/mol. The van der Waals surface area contributed by atoms with Crippen LogP contribution in [0.25, 0.3) is 11.0 Å². The number of fused-ring (bicyclic) bond motifs is 1. The Labute approximate surface area is 211 Å². The van der Waals surface area contributed by atoms with Crippen molar-refractivity contribution in [2.45, 2.75) is 19.6 Å². The molecule has 36 heavy (non-hydrogen) atoms. The maximum Gasteiger partial charge on any atom is 0.349 e. The molecule has 1 amide bonds. The van der Waals surface area contributed by atoms with Gasteiger partial charge in [-0.05, 0) is 54.6 Å². The highest BCUT2D eigenvalue weighted by Gasteiger charge is 2.21. The molecule has 178 valence electrons. The minimum absolute atomic E-state index is 0.0236. The third-order valence-corrected chi connectivity index (χ3v) is 8.10. The van der Waals surface area contributed by atoms with Crippen LogP contribution in [0, 0.1) is 0 Å². The predicted octanol–water partition coefficient (Wildman–Crippen LogP) is 6.03. The Kier molecular flexibility index (Phi) is 6.45. The molecule has 0 saturated carbocycles. The minimum atomic E-state index is -3.86. The highest BCUT2D eigenvalue weighted by atomic mass is 32.2. The quantitative estimate of drug-likeness (QED) is 0.279. The smallest absolute Gasteiger partial charge is 0.349 e. The van der Waals surface area contributed by atoms with Gasteiger partial charge in [0.1, 0.15) is 11.1 Å². The van der Waals surface area contributed by atoms with Crippen molar-refractivity contribution >= 4 is 44.2 Å². The summed E-state index contributed by atoms with van der Waals surface area (Å²) in [5.41, 5.74) is -0.347.